The first-order valence-corrected chi connectivity index (χ1v) is 7.36. The van der Waals surface area contributed by atoms with Crippen molar-refractivity contribution in [3.8, 4) is 11.3 Å². The number of aromatic nitrogens is 1. The third-order valence-electron chi connectivity index (χ3n) is 2.39. The molecule has 0 saturated carbocycles. The Kier molecular flexibility index (Phi) is 4.89. The van der Waals surface area contributed by atoms with Crippen LogP contribution in [-0.4, -0.2) is 10.1 Å². The van der Waals surface area contributed by atoms with Crippen LogP contribution in [0, 0.1) is 0 Å². The fourth-order valence-corrected chi connectivity index (χ4v) is 2.69. The summed E-state index contributed by atoms with van der Waals surface area (Å²) in [4.78, 5) is 4.45. The van der Waals surface area contributed by atoms with Crippen LogP contribution in [0.1, 0.15) is 0 Å². The van der Waals surface area contributed by atoms with Crippen molar-refractivity contribution in [1.82, 2.24) is 10.3 Å². The molecule has 1 aromatic carbocycles. The smallest absolute Gasteiger partial charge is 0.189 e. The van der Waals surface area contributed by atoms with E-state index in [9.17, 15) is 0 Å². The number of rotatable bonds is 4. The Morgan fingerprint density at radius 3 is 2.85 bits per heavy atom. The van der Waals surface area contributed by atoms with E-state index in [0.717, 1.165) is 11.3 Å². The molecule has 20 heavy (non-hydrogen) atoms. The van der Waals surface area contributed by atoms with E-state index in [-0.39, 0.29) is 0 Å². The summed E-state index contributed by atoms with van der Waals surface area (Å²) in [5, 5.41) is 9.59. The Morgan fingerprint density at radius 1 is 1.40 bits per heavy atom. The monoisotopic (exact) mass is 321 g/mol. The molecule has 102 valence electrons. The number of nitrogens with zero attached hydrogens (tertiary/aromatic N) is 1. The first-order chi connectivity index (χ1) is 9.60. The molecule has 3 nitrogen and oxygen atoms in total. The molecule has 6 heteroatoms. The third-order valence-corrected chi connectivity index (χ3v) is 3.69. The lowest BCUT2D eigenvalue weighted by molar-refractivity contribution is 1.21. The molecule has 1 aromatic heterocycles. The van der Waals surface area contributed by atoms with Crippen LogP contribution in [0.25, 0.3) is 11.3 Å². The molecule has 0 aliphatic heterocycles. The molecule has 1 heterocycles. The SMILES string of the molecule is C=CC(=C)NC(=S)Nc1nc(-c2ccccc2Cl)cs1. The number of halogens is 1. The number of nitrogens with one attached hydrogen (secondary N) is 2. The van der Waals surface area contributed by atoms with E-state index in [2.05, 4.69) is 28.8 Å². The molecule has 0 spiro atoms. The molecule has 0 fully saturated rings. The molecule has 0 aliphatic carbocycles. The van der Waals surface area contributed by atoms with Gasteiger partial charge in [0.15, 0.2) is 10.2 Å². The van der Waals surface area contributed by atoms with Crippen LogP contribution in [0.5, 0.6) is 0 Å². The molecule has 2 rings (SSSR count). The van der Waals surface area contributed by atoms with Gasteiger partial charge >= 0.3 is 0 Å². The summed E-state index contributed by atoms with van der Waals surface area (Å²) in [6, 6.07) is 7.58. The molecule has 0 saturated heterocycles. The molecule has 0 unspecified atom stereocenters. The van der Waals surface area contributed by atoms with Gasteiger partial charge in [-0.05, 0) is 24.4 Å². The molecule has 0 amide bonds. The zero-order valence-corrected chi connectivity index (χ0v) is 12.9. The van der Waals surface area contributed by atoms with Gasteiger partial charge in [-0.3, -0.25) is 0 Å². The molecular formula is C14H12ClN3S2. The van der Waals surface area contributed by atoms with E-state index in [0.29, 0.717) is 21.0 Å². The van der Waals surface area contributed by atoms with E-state index in [4.69, 9.17) is 23.8 Å². The van der Waals surface area contributed by atoms with E-state index >= 15 is 0 Å². The van der Waals surface area contributed by atoms with Gasteiger partial charge in [-0.2, -0.15) is 0 Å². The van der Waals surface area contributed by atoms with Crippen LogP contribution in [0.2, 0.25) is 5.02 Å². The Morgan fingerprint density at radius 2 is 2.15 bits per heavy atom. The zero-order chi connectivity index (χ0) is 14.5. The molecule has 0 bridgehead atoms. The van der Waals surface area contributed by atoms with Crippen LogP contribution in [0.4, 0.5) is 5.13 Å². The number of allylic oxidation sites excluding steroid dienone is 1. The number of thiazole rings is 1. The minimum absolute atomic E-state index is 0.426. The predicted octanol–water partition coefficient (Wildman–Crippen LogP) is 4.45. The molecular weight excluding hydrogens is 310 g/mol. The Balaban J connectivity index is 2.10. The van der Waals surface area contributed by atoms with Crippen LogP contribution < -0.4 is 10.6 Å². The van der Waals surface area contributed by atoms with Crippen molar-refractivity contribution in [3.63, 3.8) is 0 Å². The number of thiocarbonyl (C=S) groups is 1. The first-order valence-electron chi connectivity index (χ1n) is 5.70. The quantitative estimate of drug-likeness (QED) is 0.644. The fraction of sp³-hybridized carbons (Fsp3) is 0. The van der Waals surface area contributed by atoms with Gasteiger partial charge in [0.05, 0.1) is 5.69 Å². The maximum absolute atomic E-state index is 6.14. The van der Waals surface area contributed by atoms with E-state index < -0.39 is 0 Å². The number of hydrogen-bond acceptors (Lipinski definition) is 3. The van der Waals surface area contributed by atoms with Gasteiger partial charge in [0, 0.05) is 21.7 Å². The van der Waals surface area contributed by atoms with E-state index in [1.54, 1.807) is 6.08 Å². The summed E-state index contributed by atoms with van der Waals surface area (Å²) < 4.78 is 0. The van der Waals surface area contributed by atoms with Crippen molar-refractivity contribution in [2.45, 2.75) is 0 Å². The lowest BCUT2D eigenvalue weighted by atomic mass is 10.2. The van der Waals surface area contributed by atoms with Gasteiger partial charge < -0.3 is 10.6 Å². The van der Waals surface area contributed by atoms with Gasteiger partial charge in [0.2, 0.25) is 0 Å². The summed E-state index contributed by atoms with van der Waals surface area (Å²) in [7, 11) is 0. The van der Waals surface area contributed by atoms with Gasteiger partial charge in [0.25, 0.3) is 0 Å². The lowest BCUT2D eigenvalue weighted by Gasteiger charge is -2.07. The molecule has 2 N–H and O–H groups in total. The molecule has 2 aromatic rings. The van der Waals surface area contributed by atoms with Crippen molar-refractivity contribution < 1.29 is 0 Å². The van der Waals surface area contributed by atoms with E-state index in [1.165, 1.54) is 11.3 Å². The fourth-order valence-electron chi connectivity index (χ4n) is 1.45. The highest BCUT2D eigenvalue weighted by Crippen LogP contribution is 2.30. The van der Waals surface area contributed by atoms with Gasteiger partial charge in [-0.1, -0.05) is 43.0 Å². The minimum Gasteiger partial charge on any atom is -0.333 e. The normalized spacial score (nSPS) is 9.85. The first kappa shape index (κ1) is 14.7. The number of anilines is 1. The largest absolute Gasteiger partial charge is 0.333 e. The predicted molar refractivity (Wildman–Crippen MR) is 91.3 cm³/mol. The van der Waals surface area contributed by atoms with E-state index in [1.807, 2.05) is 29.6 Å². The number of hydrogen-bond donors (Lipinski definition) is 2. The van der Waals surface area contributed by atoms with Crippen LogP contribution >= 0.6 is 35.2 Å². The van der Waals surface area contributed by atoms with Crippen molar-refractivity contribution in [2.75, 3.05) is 5.32 Å². The van der Waals surface area contributed by atoms with Crippen molar-refractivity contribution >= 4 is 45.4 Å². The minimum atomic E-state index is 0.426. The standard InChI is InChI=1S/C14H12ClN3S2/c1-3-9(2)16-13(19)18-14-17-12(8-20-14)10-6-4-5-7-11(10)15/h3-8H,1-2H2,(H2,16,17,18,19). The summed E-state index contributed by atoms with van der Waals surface area (Å²) in [6.07, 6.45) is 1.59. The van der Waals surface area contributed by atoms with Crippen molar-refractivity contribution in [3.05, 3.63) is 59.6 Å². The highest BCUT2D eigenvalue weighted by Gasteiger charge is 2.08. The maximum atomic E-state index is 6.14. The van der Waals surface area contributed by atoms with Crippen LogP contribution in [0.3, 0.4) is 0 Å². The average molecular weight is 322 g/mol. The second kappa shape index (κ2) is 6.65. The maximum Gasteiger partial charge on any atom is 0.189 e. The highest BCUT2D eigenvalue weighted by atomic mass is 35.5. The number of benzene rings is 1. The third kappa shape index (κ3) is 3.66. The van der Waals surface area contributed by atoms with Gasteiger partial charge in [-0.25, -0.2) is 4.98 Å². The second-order valence-corrected chi connectivity index (χ2v) is 5.50. The Labute approximate surface area is 132 Å². The average Bonchev–Trinajstić information content (AvgIpc) is 2.87. The van der Waals surface area contributed by atoms with Crippen LogP contribution in [-0.2, 0) is 0 Å². The van der Waals surface area contributed by atoms with Crippen molar-refractivity contribution in [2.24, 2.45) is 0 Å². The van der Waals surface area contributed by atoms with Crippen LogP contribution in [0.15, 0.2) is 54.6 Å². The molecule has 0 aliphatic rings. The highest BCUT2D eigenvalue weighted by molar-refractivity contribution is 7.80. The second-order valence-electron chi connectivity index (χ2n) is 3.83. The van der Waals surface area contributed by atoms with Crippen molar-refractivity contribution in [1.29, 1.82) is 0 Å². The summed E-state index contributed by atoms with van der Waals surface area (Å²) >= 11 is 12.7. The topological polar surface area (TPSA) is 37.0 Å². The summed E-state index contributed by atoms with van der Waals surface area (Å²) in [5.74, 6) is 0. The Hall–Kier alpha value is -1.69. The zero-order valence-electron chi connectivity index (χ0n) is 10.5. The molecule has 0 radical (unpaired) electrons. The van der Waals surface area contributed by atoms with Gasteiger partial charge in [0.1, 0.15) is 0 Å². The van der Waals surface area contributed by atoms with Gasteiger partial charge in [-0.15, -0.1) is 11.3 Å². The lowest BCUT2D eigenvalue weighted by Crippen LogP contribution is -2.26. The summed E-state index contributed by atoms with van der Waals surface area (Å²) in [5.41, 5.74) is 2.34. The Bertz CT molecular complexity index is 664. The molecule has 0 atom stereocenters. The summed E-state index contributed by atoms with van der Waals surface area (Å²) in [6.45, 7) is 7.33.